The molecule has 0 aromatic heterocycles. The molecule has 0 amide bonds. The molecule has 138 valence electrons. The monoisotopic (exact) mass is 374 g/mol. The van der Waals surface area contributed by atoms with Crippen LogP contribution in [0.25, 0.3) is 0 Å². The van der Waals surface area contributed by atoms with Crippen LogP contribution in [0, 0.1) is 0 Å². The molecule has 0 bridgehead atoms. The van der Waals surface area contributed by atoms with Gasteiger partial charge in [0, 0.05) is 13.1 Å². The van der Waals surface area contributed by atoms with Crippen molar-refractivity contribution in [2.75, 3.05) is 39.3 Å². The van der Waals surface area contributed by atoms with E-state index in [1.807, 2.05) is 0 Å². The third kappa shape index (κ3) is 6.53. The van der Waals surface area contributed by atoms with E-state index in [9.17, 15) is 5.11 Å². The Morgan fingerprint density at radius 3 is 1.96 bits per heavy atom. The van der Waals surface area contributed by atoms with Crippen LogP contribution in [-0.2, 0) is 0 Å². The molecule has 2 aliphatic heterocycles. The maximum absolute atomic E-state index is 10.4. The van der Waals surface area contributed by atoms with Gasteiger partial charge in [0.25, 0.3) is 0 Å². The summed E-state index contributed by atoms with van der Waals surface area (Å²) in [6.45, 7) is 6.30. The maximum Gasteiger partial charge on any atom is 0.0793 e. The van der Waals surface area contributed by atoms with E-state index in [0.29, 0.717) is 5.92 Å². The van der Waals surface area contributed by atoms with Gasteiger partial charge in [0.15, 0.2) is 0 Å². The Bertz CT molecular complexity index is 432. The van der Waals surface area contributed by atoms with Crippen LogP contribution in [0.4, 0.5) is 0 Å². The first kappa shape index (κ1) is 21.7. The van der Waals surface area contributed by atoms with E-state index in [1.165, 1.54) is 50.8 Å². The van der Waals surface area contributed by atoms with Gasteiger partial charge in [-0.1, -0.05) is 36.8 Å². The fourth-order valence-electron chi connectivity index (χ4n) is 3.97. The van der Waals surface area contributed by atoms with Gasteiger partial charge in [-0.15, -0.1) is 24.8 Å². The molecule has 5 heteroatoms. The van der Waals surface area contributed by atoms with Crippen molar-refractivity contribution < 1.29 is 5.11 Å². The minimum Gasteiger partial charge on any atom is -0.390 e. The normalized spacial score (nSPS) is 21.5. The number of aliphatic hydroxyl groups is 1. The summed E-state index contributed by atoms with van der Waals surface area (Å²) in [6.07, 6.45) is 6.22. The summed E-state index contributed by atoms with van der Waals surface area (Å²) < 4.78 is 0. The number of β-amino-alcohol motifs (C(OH)–C–C–N with tert-alkyl or cyclic N) is 1. The van der Waals surface area contributed by atoms with E-state index in [1.54, 1.807) is 0 Å². The van der Waals surface area contributed by atoms with Gasteiger partial charge in [-0.3, -0.25) is 0 Å². The molecule has 0 saturated carbocycles. The lowest BCUT2D eigenvalue weighted by atomic mass is 9.89. The Kier molecular flexibility index (Phi) is 10.3. The fourth-order valence-corrected chi connectivity index (χ4v) is 3.97. The van der Waals surface area contributed by atoms with Crippen molar-refractivity contribution in [2.45, 2.75) is 44.1 Å². The first-order chi connectivity index (χ1) is 10.8. The zero-order chi connectivity index (χ0) is 15.2. The molecule has 0 radical (unpaired) electrons. The van der Waals surface area contributed by atoms with E-state index >= 15 is 0 Å². The van der Waals surface area contributed by atoms with Gasteiger partial charge in [0.05, 0.1) is 6.10 Å². The number of hydrogen-bond donors (Lipinski definition) is 1. The van der Waals surface area contributed by atoms with Gasteiger partial charge in [0.2, 0.25) is 0 Å². The number of piperidine rings is 2. The van der Waals surface area contributed by atoms with Crippen molar-refractivity contribution in [3.8, 4) is 0 Å². The number of hydrogen-bond acceptors (Lipinski definition) is 3. The molecule has 1 unspecified atom stereocenters. The molecule has 0 aliphatic carbocycles. The highest BCUT2D eigenvalue weighted by atomic mass is 35.5. The zero-order valence-electron chi connectivity index (χ0n) is 14.5. The lowest BCUT2D eigenvalue weighted by Gasteiger charge is -2.35. The molecule has 2 fully saturated rings. The molecular weight excluding hydrogens is 343 g/mol. The van der Waals surface area contributed by atoms with Crippen molar-refractivity contribution in [3.63, 3.8) is 0 Å². The van der Waals surface area contributed by atoms with Crippen LogP contribution >= 0.6 is 24.8 Å². The summed E-state index contributed by atoms with van der Waals surface area (Å²) in [5.41, 5.74) is 1.48. The van der Waals surface area contributed by atoms with E-state index in [-0.39, 0.29) is 30.9 Å². The van der Waals surface area contributed by atoms with E-state index in [0.717, 1.165) is 26.2 Å². The molecule has 2 saturated heterocycles. The van der Waals surface area contributed by atoms with Gasteiger partial charge < -0.3 is 14.9 Å². The molecule has 2 aliphatic rings. The summed E-state index contributed by atoms with van der Waals surface area (Å²) in [5.74, 6) is 0.705. The SMILES string of the molecule is Cl.Cl.OC(CN1CCCCC1)CN1CCC(c2ccccc2)CC1. The van der Waals surface area contributed by atoms with Crippen LogP contribution in [0.2, 0.25) is 0 Å². The van der Waals surface area contributed by atoms with E-state index in [4.69, 9.17) is 0 Å². The number of nitrogens with zero attached hydrogens (tertiary/aromatic N) is 2. The molecule has 1 atom stereocenters. The lowest BCUT2D eigenvalue weighted by molar-refractivity contribution is 0.0588. The lowest BCUT2D eigenvalue weighted by Crippen LogP contribution is -2.44. The molecule has 3 rings (SSSR count). The number of benzene rings is 1. The summed E-state index contributed by atoms with van der Waals surface area (Å²) in [4.78, 5) is 4.89. The summed E-state index contributed by atoms with van der Waals surface area (Å²) in [7, 11) is 0. The molecule has 1 N–H and O–H groups in total. The van der Waals surface area contributed by atoms with E-state index < -0.39 is 0 Å². The van der Waals surface area contributed by atoms with Crippen LogP contribution < -0.4 is 0 Å². The third-order valence-electron chi connectivity index (χ3n) is 5.25. The fraction of sp³-hybridized carbons (Fsp3) is 0.684. The van der Waals surface area contributed by atoms with Gasteiger partial charge >= 0.3 is 0 Å². The molecule has 0 spiro atoms. The predicted molar refractivity (Wildman–Crippen MR) is 106 cm³/mol. The molecule has 1 aromatic carbocycles. The number of rotatable bonds is 5. The Morgan fingerprint density at radius 2 is 1.38 bits per heavy atom. The molecule has 1 aromatic rings. The van der Waals surface area contributed by atoms with Crippen LogP contribution in [-0.4, -0.2) is 60.3 Å². The maximum atomic E-state index is 10.4. The first-order valence-corrected chi connectivity index (χ1v) is 8.99. The van der Waals surface area contributed by atoms with Crippen molar-refractivity contribution in [2.24, 2.45) is 0 Å². The highest BCUT2D eigenvalue weighted by Crippen LogP contribution is 2.27. The molecule has 2 heterocycles. The second-order valence-corrected chi connectivity index (χ2v) is 7.00. The highest BCUT2D eigenvalue weighted by Gasteiger charge is 2.23. The van der Waals surface area contributed by atoms with Crippen molar-refractivity contribution in [1.29, 1.82) is 0 Å². The van der Waals surface area contributed by atoms with Gasteiger partial charge in [-0.25, -0.2) is 0 Å². The average Bonchev–Trinajstić information content (AvgIpc) is 2.57. The Labute approximate surface area is 159 Å². The largest absolute Gasteiger partial charge is 0.390 e. The molecule has 24 heavy (non-hydrogen) atoms. The topological polar surface area (TPSA) is 26.7 Å². The summed E-state index contributed by atoms with van der Waals surface area (Å²) in [6, 6.07) is 10.9. The van der Waals surface area contributed by atoms with Crippen LogP contribution in [0.3, 0.4) is 0 Å². The van der Waals surface area contributed by atoms with Crippen LogP contribution in [0.1, 0.15) is 43.6 Å². The minimum absolute atomic E-state index is 0. The van der Waals surface area contributed by atoms with Crippen LogP contribution in [0.15, 0.2) is 30.3 Å². The zero-order valence-corrected chi connectivity index (χ0v) is 16.1. The average molecular weight is 375 g/mol. The van der Waals surface area contributed by atoms with Crippen LogP contribution in [0.5, 0.6) is 0 Å². The minimum atomic E-state index is -0.189. The number of halogens is 2. The Balaban J connectivity index is 0.00000144. The second kappa shape index (κ2) is 11.3. The molecular formula is C19H32Cl2N2O. The predicted octanol–water partition coefficient (Wildman–Crippen LogP) is 3.56. The van der Waals surface area contributed by atoms with Crippen molar-refractivity contribution in [1.82, 2.24) is 9.80 Å². The summed E-state index contributed by atoms with van der Waals surface area (Å²) in [5, 5.41) is 10.4. The van der Waals surface area contributed by atoms with Gasteiger partial charge in [0.1, 0.15) is 0 Å². The third-order valence-corrected chi connectivity index (χ3v) is 5.25. The van der Waals surface area contributed by atoms with Gasteiger partial charge in [-0.05, 0) is 63.3 Å². The Hall–Kier alpha value is -0.320. The number of aliphatic hydroxyl groups excluding tert-OH is 1. The summed E-state index contributed by atoms with van der Waals surface area (Å²) >= 11 is 0. The number of likely N-dealkylation sites (tertiary alicyclic amines) is 2. The van der Waals surface area contributed by atoms with Crippen molar-refractivity contribution in [3.05, 3.63) is 35.9 Å². The van der Waals surface area contributed by atoms with Crippen molar-refractivity contribution >= 4 is 24.8 Å². The highest BCUT2D eigenvalue weighted by molar-refractivity contribution is 5.85. The standard InChI is InChI=1S/C19H30N2O.2ClH/c22-19(15-20-11-5-2-6-12-20)16-21-13-9-18(10-14-21)17-7-3-1-4-8-17;;/h1,3-4,7-8,18-19,22H,2,5-6,9-16H2;2*1H. The Morgan fingerprint density at radius 1 is 0.833 bits per heavy atom. The quantitative estimate of drug-likeness (QED) is 0.853. The van der Waals surface area contributed by atoms with Gasteiger partial charge in [-0.2, -0.15) is 0 Å². The smallest absolute Gasteiger partial charge is 0.0793 e. The second-order valence-electron chi connectivity index (χ2n) is 7.00. The first-order valence-electron chi connectivity index (χ1n) is 8.99. The van der Waals surface area contributed by atoms with E-state index in [2.05, 4.69) is 40.1 Å². The molecule has 3 nitrogen and oxygen atoms in total.